The second kappa shape index (κ2) is 9.38. The summed E-state index contributed by atoms with van der Waals surface area (Å²) < 4.78 is 0. The maximum atomic E-state index is 12.4. The zero-order valence-corrected chi connectivity index (χ0v) is 20.5. The number of likely N-dealkylation sites (N-methyl/N-ethyl adjacent to an activating group) is 1. The molecule has 4 aromatic rings. The first kappa shape index (κ1) is 22.9. The lowest BCUT2D eigenvalue weighted by atomic mass is 10.1. The monoisotopic (exact) mass is 471 g/mol. The van der Waals surface area contributed by atoms with Crippen LogP contribution < -0.4 is 15.8 Å². The molecule has 0 radical (unpaired) electrons. The van der Waals surface area contributed by atoms with Crippen LogP contribution in [0, 0.1) is 20.8 Å². The summed E-state index contributed by atoms with van der Waals surface area (Å²) in [5.41, 5.74) is 4.50. The molecule has 10 heteroatoms. The second-order valence-electron chi connectivity index (χ2n) is 8.85. The van der Waals surface area contributed by atoms with E-state index < -0.39 is 0 Å². The molecule has 1 saturated heterocycles. The van der Waals surface area contributed by atoms with Crippen molar-refractivity contribution in [2.75, 3.05) is 42.9 Å². The van der Waals surface area contributed by atoms with Gasteiger partial charge < -0.3 is 9.80 Å². The van der Waals surface area contributed by atoms with E-state index in [0.29, 0.717) is 23.2 Å². The van der Waals surface area contributed by atoms with Crippen LogP contribution in [0.4, 0.5) is 17.8 Å². The lowest BCUT2D eigenvalue weighted by Crippen LogP contribution is -2.46. The Bertz CT molecular complexity index is 1440. The number of nitrogens with one attached hydrogen (secondary N) is 2. The van der Waals surface area contributed by atoms with E-state index in [-0.39, 0.29) is 11.5 Å². The van der Waals surface area contributed by atoms with E-state index in [2.05, 4.69) is 53.0 Å². The molecular formula is C25H29N9O. The number of H-pyrrole nitrogens is 1. The van der Waals surface area contributed by atoms with Crippen LogP contribution in [0.5, 0.6) is 0 Å². The zero-order chi connectivity index (χ0) is 24.5. The Hall–Kier alpha value is -3.92. The Morgan fingerprint density at radius 3 is 2.51 bits per heavy atom. The highest BCUT2D eigenvalue weighted by molar-refractivity contribution is 5.82. The van der Waals surface area contributed by atoms with Gasteiger partial charge in [-0.1, -0.05) is 18.6 Å². The number of aromatic amines is 1. The highest BCUT2D eigenvalue weighted by atomic mass is 16.1. The summed E-state index contributed by atoms with van der Waals surface area (Å²) in [6.45, 7) is 12.9. The van der Waals surface area contributed by atoms with Gasteiger partial charge in [-0.3, -0.25) is 15.1 Å². The van der Waals surface area contributed by atoms with Gasteiger partial charge in [0.1, 0.15) is 0 Å². The fourth-order valence-corrected chi connectivity index (χ4v) is 4.33. The van der Waals surface area contributed by atoms with Crippen molar-refractivity contribution in [1.82, 2.24) is 34.8 Å². The molecule has 1 fully saturated rings. The predicted octanol–water partition coefficient (Wildman–Crippen LogP) is 2.98. The minimum absolute atomic E-state index is 0.262. The van der Waals surface area contributed by atoms with Gasteiger partial charge in [0.2, 0.25) is 17.8 Å². The molecule has 0 saturated carbocycles. The lowest BCUT2D eigenvalue weighted by molar-refractivity contribution is 0.270. The molecule has 0 spiro atoms. The lowest BCUT2D eigenvalue weighted by Gasteiger charge is -2.34. The summed E-state index contributed by atoms with van der Waals surface area (Å²) in [6.07, 6.45) is 1.74. The third-order valence-corrected chi connectivity index (χ3v) is 6.36. The molecule has 2 N–H and O–H groups in total. The van der Waals surface area contributed by atoms with Crippen LogP contribution in [0.15, 0.2) is 35.3 Å². The number of hydrogen-bond donors (Lipinski definition) is 2. The topological polar surface area (TPSA) is 116 Å². The molecule has 1 aromatic carbocycles. The maximum Gasteiger partial charge on any atom is 0.252 e. The highest BCUT2D eigenvalue weighted by Crippen LogP contribution is 2.23. The first-order valence-corrected chi connectivity index (χ1v) is 11.8. The number of fused-ring (bicyclic) bond motifs is 1. The second-order valence-corrected chi connectivity index (χ2v) is 8.85. The van der Waals surface area contributed by atoms with Crippen molar-refractivity contribution in [3.8, 4) is 11.3 Å². The number of nitrogens with zero attached hydrogens (tertiary/aromatic N) is 7. The minimum atomic E-state index is -0.287. The van der Waals surface area contributed by atoms with Crippen LogP contribution in [-0.2, 0) is 0 Å². The van der Waals surface area contributed by atoms with E-state index in [4.69, 9.17) is 4.98 Å². The van der Waals surface area contributed by atoms with Gasteiger partial charge in [-0.05, 0) is 39.4 Å². The molecular weight excluding hydrogens is 442 g/mol. The molecule has 0 bridgehead atoms. The molecule has 5 rings (SSSR count). The Balaban J connectivity index is 1.41. The van der Waals surface area contributed by atoms with Crippen molar-refractivity contribution < 1.29 is 0 Å². The normalized spacial score (nSPS) is 14.5. The van der Waals surface area contributed by atoms with Crippen LogP contribution in [0.2, 0.25) is 0 Å². The van der Waals surface area contributed by atoms with Gasteiger partial charge in [-0.2, -0.15) is 0 Å². The largest absolute Gasteiger partial charge is 0.338 e. The quantitative estimate of drug-likeness (QED) is 0.453. The Labute approximate surface area is 203 Å². The Morgan fingerprint density at radius 2 is 1.77 bits per heavy atom. The van der Waals surface area contributed by atoms with E-state index in [9.17, 15) is 4.79 Å². The van der Waals surface area contributed by atoms with E-state index in [1.165, 1.54) is 6.07 Å². The molecule has 10 nitrogen and oxygen atoms in total. The molecule has 3 aromatic heterocycles. The van der Waals surface area contributed by atoms with Crippen LogP contribution >= 0.6 is 0 Å². The minimum Gasteiger partial charge on any atom is -0.338 e. The molecule has 0 atom stereocenters. The number of hydrogen-bond acceptors (Lipinski definition) is 9. The van der Waals surface area contributed by atoms with Crippen LogP contribution in [-0.4, -0.2) is 67.5 Å². The van der Waals surface area contributed by atoms with E-state index in [1.54, 1.807) is 6.20 Å². The molecule has 1 aliphatic heterocycles. The molecule has 0 amide bonds. The third-order valence-electron chi connectivity index (χ3n) is 6.36. The number of rotatable bonds is 5. The fraction of sp³-hybridized carbons (Fsp3) is 0.360. The summed E-state index contributed by atoms with van der Waals surface area (Å²) in [5, 5.41) is 4.05. The highest BCUT2D eigenvalue weighted by Gasteiger charge is 2.19. The molecule has 0 aliphatic carbocycles. The molecule has 0 unspecified atom stereocenters. The average Bonchev–Trinajstić information content (AvgIpc) is 2.84. The smallest absolute Gasteiger partial charge is 0.252 e. The number of aromatic nitrogens is 6. The molecule has 1 aliphatic rings. The van der Waals surface area contributed by atoms with Crippen molar-refractivity contribution in [1.29, 1.82) is 0 Å². The van der Waals surface area contributed by atoms with Gasteiger partial charge in [0.15, 0.2) is 0 Å². The first-order valence-electron chi connectivity index (χ1n) is 11.8. The molecule has 4 heterocycles. The number of anilines is 3. The van der Waals surface area contributed by atoms with Crippen LogP contribution in [0.25, 0.3) is 22.2 Å². The standard InChI is InChI=1S/C25H29N9O/c1-5-33-8-10-34(11-9-33)25-26-14-19(17(4)28-25)21-13-22(35)31-24(30-21)32-23-27-16(3)18-12-15(2)6-7-20(18)29-23/h6-7,12-14H,5,8-11H2,1-4H3,(H2,27,29,30,31,32,35). The van der Waals surface area contributed by atoms with E-state index in [0.717, 1.165) is 60.6 Å². The Morgan fingerprint density at radius 1 is 0.971 bits per heavy atom. The van der Waals surface area contributed by atoms with Gasteiger partial charge in [-0.15, -0.1) is 0 Å². The number of benzene rings is 1. The first-order chi connectivity index (χ1) is 16.9. The van der Waals surface area contributed by atoms with Crippen molar-refractivity contribution >= 4 is 28.7 Å². The summed E-state index contributed by atoms with van der Waals surface area (Å²) in [6, 6.07) is 7.48. The summed E-state index contributed by atoms with van der Waals surface area (Å²) in [5.74, 6) is 1.34. The van der Waals surface area contributed by atoms with Gasteiger partial charge >= 0.3 is 0 Å². The average molecular weight is 472 g/mol. The van der Waals surface area contributed by atoms with Crippen molar-refractivity contribution in [3.05, 3.63) is 57.8 Å². The van der Waals surface area contributed by atoms with E-state index >= 15 is 0 Å². The van der Waals surface area contributed by atoms with E-state index in [1.807, 2.05) is 32.9 Å². The summed E-state index contributed by atoms with van der Waals surface area (Å²) >= 11 is 0. The summed E-state index contributed by atoms with van der Waals surface area (Å²) in [7, 11) is 0. The van der Waals surface area contributed by atoms with Crippen molar-refractivity contribution in [3.63, 3.8) is 0 Å². The number of piperazine rings is 1. The fourth-order valence-electron chi connectivity index (χ4n) is 4.33. The van der Waals surface area contributed by atoms with Gasteiger partial charge in [0.25, 0.3) is 5.56 Å². The Kier molecular flexibility index (Phi) is 6.12. The third kappa shape index (κ3) is 4.83. The number of aryl methyl sites for hydroxylation is 3. The maximum absolute atomic E-state index is 12.4. The van der Waals surface area contributed by atoms with Crippen LogP contribution in [0.3, 0.4) is 0 Å². The SMILES string of the molecule is CCN1CCN(c2ncc(-c3cc(=O)[nH]c(Nc4nc(C)c5cc(C)ccc5n4)n3)c(C)n2)CC1. The van der Waals surface area contributed by atoms with Gasteiger partial charge in [0.05, 0.1) is 22.6 Å². The van der Waals surface area contributed by atoms with Gasteiger partial charge in [-0.25, -0.2) is 24.9 Å². The van der Waals surface area contributed by atoms with Gasteiger partial charge in [0, 0.05) is 49.4 Å². The molecule has 35 heavy (non-hydrogen) atoms. The predicted molar refractivity (Wildman–Crippen MR) is 137 cm³/mol. The van der Waals surface area contributed by atoms with Crippen molar-refractivity contribution in [2.45, 2.75) is 27.7 Å². The zero-order valence-electron chi connectivity index (χ0n) is 20.5. The van der Waals surface area contributed by atoms with Crippen molar-refractivity contribution in [2.24, 2.45) is 0 Å². The molecule has 180 valence electrons. The van der Waals surface area contributed by atoms with Crippen LogP contribution in [0.1, 0.15) is 23.9 Å². The summed E-state index contributed by atoms with van der Waals surface area (Å²) in [4.78, 5) is 42.8.